The standard InChI is InChI=1S/C12H25NOS/c1-5-13-11-10(15(14)6-2)8-7-9-12(11,3)4/h10-11,13H,5-9H2,1-4H3. The van der Waals surface area contributed by atoms with E-state index in [9.17, 15) is 4.21 Å². The van der Waals surface area contributed by atoms with Crippen molar-refractivity contribution in [2.24, 2.45) is 5.41 Å². The van der Waals surface area contributed by atoms with Gasteiger partial charge in [-0.05, 0) is 24.8 Å². The molecular weight excluding hydrogens is 206 g/mol. The summed E-state index contributed by atoms with van der Waals surface area (Å²) in [4.78, 5) is 0. The Morgan fingerprint density at radius 2 is 2.07 bits per heavy atom. The van der Waals surface area contributed by atoms with E-state index in [0.717, 1.165) is 18.7 Å². The molecule has 0 aliphatic heterocycles. The molecule has 2 nitrogen and oxygen atoms in total. The summed E-state index contributed by atoms with van der Waals surface area (Å²) >= 11 is 0. The highest BCUT2D eigenvalue weighted by atomic mass is 32.2. The molecule has 1 fully saturated rings. The van der Waals surface area contributed by atoms with Gasteiger partial charge in [0, 0.05) is 22.6 Å². The number of rotatable bonds is 4. The maximum absolute atomic E-state index is 12.0. The van der Waals surface area contributed by atoms with Gasteiger partial charge in [0.2, 0.25) is 0 Å². The maximum atomic E-state index is 12.0. The Balaban J connectivity index is 2.79. The lowest BCUT2D eigenvalue weighted by atomic mass is 9.73. The molecule has 0 radical (unpaired) electrons. The Bertz CT molecular complexity index is 228. The van der Waals surface area contributed by atoms with Gasteiger partial charge in [0.1, 0.15) is 0 Å². The van der Waals surface area contributed by atoms with Crippen molar-refractivity contribution in [1.29, 1.82) is 0 Å². The fourth-order valence-electron chi connectivity index (χ4n) is 2.71. The lowest BCUT2D eigenvalue weighted by molar-refractivity contribution is 0.175. The first-order valence-electron chi connectivity index (χ1n) is 6.13. The van der Waals surface area contributed by atoms with Crippen LogP contribution in [0.25, 0.3) is 0 Å². The molecule has 0 spiro atoms. The molecule has 1 rings (SSSR count). The van der Waals surface area contributed by atoms with E-state index in [4.69, 9.17) is 0 Å². The van der Waals surface area contributed by atoms with E-state index >= 15 is 0 Å². The van der Waals surface area contributed by atoms with Crippen molar-refractivity contribution < 1.29 is 4.21 Å². The Kier molecular flexibility index (Phi) is 4.78. The van der Waals surface area contributed by atoms with E-state index in [1.54, 1.807) is 0 Å². The van der Waals surface area contributed by atoms with Crippen LogP contribution in [-0.4, -0.2) is 27.8 Å². The number of nitrogens with one attached hydrogen (secondary N) is 1. The molecular formula is C12H25NOS. The lowest BCUT2D eigenvalue weighted by Crippen LogP contribution is -2.54. The quantitative estimate of drug-likeness (QED) is 0.804. The molecule has 15 heavy (non-hydrogen) atoms. The van der Waals surface area contributed by atoms with Gasteiger partial charge in [0.15, 0.2) is 0 Å². The van der Waals surface area contributed by atoms with Gasteiger partial charge in [-0.1, -0.05) is 34.1 Å². The van der Waals surface area contributed by atoms with Crippen molar-refractivity contribution in [3.8, 4) is 0 Å². The first-order valence-corrected chi connectivity index (χ1v) is 7.51. The smallest absolute Gasteiger partial charge is 0.0506 e. The fourth-order valence-corrected chi connectivity index (χ4v) is 4.34. The third-order valence-electron chi connectivity index (χ3n) is 3.57. The van der Waals surface area contributed by atoms with E-state index < -0.39 is 10.8 Å². The van der Waals surface area contributed by atoms with Gasteiger partial charge in [-0.25, -0.2) is 0 Å². The van der Waals surface area contributed by atoms with Crippen LogP contribution in [0.2, 0.25) is 0 Å². The van der Waals surface area contributed by atoms with Crippen LogP contribution in [0, 0.1) is 5.41 Å². The predicted octanol–water partition coefficient (Wildman–Crippen LogP) is 2.31. The second-order valence-corrected chi connectivity index (χ2v) is 7.07. The molecule has 3 heteroatoms. The predicted molar refractivity (Wildman–Crippen MR) is 67.6 cm³/mol. The van der Waals surface area contributed by atoms with Gasteiger partial charge in [-0.15, -0.1) is 0 Å². The lowest BCUT2D eigenvalue weighted by Gasteiger charge is -2.44. The summed E-state index contributed by atoms with van der Waals surface area (Å²) in [5.74, 6) is 0.794. The molecule has 0 saturated heterocycles. The first kappa shape index (κ1) is 13.2. The third kappa shape index (κ3) is 3.04. The van der Waals surface area contributed by atoms with Crippen LogP contribution in [0.4, 0.5) is 0 Å². The van der Waals surface area contributed by atoms with E-state index in [1.165, 1.54) is 12.8 Å². The minimum absolute atomic E-state index is 0.295. The molecule has 0 bridgehead atoms. The van der Waals surface area contributed by atoms with E-state index in [2.05, 4.69) is 26.1 Å². The summed E-state index contributed by atoms with van der Waals surface area (Å²) in [6, 6.07) is 0.428. The van der Waals surface area contributed by atoms with Crippen molar-refractivity contribution in [1.82, 2.24) is 5.32 Å². The highest BCUT2D eigenvalue weighted by Gasteiger charge is 2.40. The van der Waals surface area contributed by atoms with Gasteiger partial charge >= 0.3 is 0 Å². The molecule has 90 valence electrons. The summed E-state index contributed by atoms with van der Waals surface area (Å²) in [6.45, 7) is 9.75. The molecule has 0 aromatic rings. The molecule has 0 aromatic heterocycles. The average Bonchev–Trinajstić information content (AvgIpc) is 2.20. The largest absolute Gasteiger partial charge is 0.313 e. The van der Waals surface area contributed by atoms with Crippen LogP contribution >= 0.6 is 0 Å². The maximum Gasteiger partial charge on any atom is 0.0506 e. The summed E-state index contributed by atoms with van der Waals surface area (Å²) < 4.78 is 12.0. The van der Waals surface area contributed by atoms with Crippen LogP contribution < -0.4 is 5.32 Å². The zero-order chi connectivity index (χ0) is 11.5. The molecule has 1 saturated carbocycles. The van der Waals surface area contributed by atoms with Gasteiger partial charge in [0.25, 0.3) is 0 Å². The highest BCUT2D eigenvalue weighted by molar-refractivity contribution is 7.85. The first-order chi connectivity index (χ1) is 7.03. The normalized spacial score (nSPS) is 32.5. The molecule has 3 atom stereocenters. The minimum atomic E-state index is -0.654. The zero-order valence-electron chi connectivity index (χ0n) is 10.5. The minimum Gasteiger partial charge on any atom is -0.313 e. The monoisotopic (exact) mass is 231 g/mol. The van der Waals surface area contributed by atoms with Crippen molar-refractivity contribution in [2.75, 3.05) is 12.3 Å². The van der Waals surface area contributed by atoms with Gasteiger partial charge in [0.05, 0.1) is 5.25 Å². The second kappa shape index (κ2) is 5.44. The van der Waals surface area contributed by atoms with Crippen LogP contribution in [0.1, 0.15) is 47.0 Å². The molecule has 3 unspecified atom stereocenters. The highest BCUT2D eigenvalue weighted by Crippen LogP contribution is 2.37. The van der Waals surface area contributed by atoms with Gasteiger partial charge < -0.3 is 5.32 Å². The summed E-state index contributed by atoms with van der Waals surface area (Å²) in [7, 11) is -0.654. The van der Waals surface area contributed by atoms with Crippen molar-refractivity contribution in [2.45, 2.75) is 58.2 Å². The SMILES string of the molecule is CCNC1C(S(=O)CC)CCCC1(C)C. The molecule has 0 amide bonds. The van der Waals surface area contributed by atoms with Crippen LogP contribution in [0.15, 0.2) is 0 Å². The Labute approximate surface area is 96.7 Å². The van der Waals surface area contributed by atoms with E-state index in [-0.39, 0.29) is 0 Å². The van der Waals surface area contributed by atoms with Crippen LogP contribution in [0.3, 0.4) is 0 Å². The number of hydrogen-bond donors (Lipinski definition) is 1. The summed E-state index contributed by atoms with van der Waals surface area (Å²) in [5.41, 5.74) is 0.295. The molecule has 0 heterocycles. The second-order valence-electron chi connectivity index (χ2n) is 5.12. The van der Waals surface area contributed by atoms with Crippen molar-refractivity contribution in [3.05, 3.63) is 0 Å². The third-order valence-corrected chi connectivity index (χ3v) is 5.32. The van der Waals surface area contributed by atoms with Gasteiger partial charge in [-0.3, -0.25) is 4.21 Å². The molecule has 0 aromatic carbocycles. The average molecular weight is 231 g/mol. The molecule has 1 aliphatic carbocycles. The molecule has 1 N–H and O–H groups in total. The van der Waals surface area contributed by atoms with E-state index in [0.29, 0.717) is 16.7 Å². The van der Waals surface area contributed by atoms with Crippen LogP contribution in [-0.2, 0) is 10.8 Å². The Morgan fingerprint density at radius 1 is 1.40 bits per heavy atom. The van der Waals surface area contributed by atoms with E-state index in [1.807, 2.05) is 6.92 Å². The molecule has 1 aliphatic rings. The number of hydrogen-bond acceptors (Lipinski definition) is 2. The summed E-state index contributed by atoms with van der Waals surface area (Å²) in [5, 5.41) is 3.91. The van der Waals surface area contributed by atoms with Gasteiger partial charge in [-0.2, -0.15) is 0 Å². The van der Waals surface area contributed by atoms with Crippen molar-refractivity contribution >= 4 is 10.8 Å². The summed E-state index contributed by atoms with van der Waals surface area (Å²) in [6.07, 6.45) is 3.61. The van der Waals surface area contributed by atoms with Crippen LogP contribution in [0.5, 0.6) is 0 Å². The Hall–Kier alpha value is 0.110. The van der Waals surface area contributed by atoms with Crippen molar-refractivity contribution in [3.63, 3.8) is 0 Å². The topological polar surface area (TPSA) is 29.1 Å². The fraction of sp³-hybridized carbons (Fsp3) is 1.00. The zero-order valence-corrected chi connectivity index (χ0v) is 11.3. The Morgan fingerprint density at radius 3 is 2.60 bits per heavy atom.